The fourth-order valence-corrected chi connectivity index (χ4v) is 2.89. The van der Waals surface area contributed by atoms with Gasteiger partial charge in [0.25, 0.3) is 0 Å². The van der Waals surface area contributed by atoms with Crippen LogP contribution in [-0.4, -0.2) is 34.7 Å². The minimum Gasteiger partial charge on any atom is -0.486 e. The third-order valence-electron chi connectivity index (χ3n) is 4.43. The first-order chi connectivity index (χ1) is 14.6. The molecule has 30 heavy (non-hydrogen) atoms. The lowest BCUT2D eigenvalue weighted by atomic mass is 10.1. The van der Waals surface area contributed by atoms with Crippen LogP contribution in [0.2, 0.25) is 0 Å². The Bertz CT molecular complexity index is 925. The Morgan fingerprint density at radius 1 is 1.13 bits per heavy atom. The standard InChI is InChI=1S/C23H28FN5O/c1-3-26-23(27-14-18(2)30-22-7-5-4-6-21(22)24)28-15-19-8-10-20(11-9-19)16-29-13-12-25-17-29/h4-13,17-18H,3,14-16H2,1-2H3,(H2,26,27,28). The van der Waals surface area contributed by atoms with Crippen LogP contribution in [0.1, 0.15) is 25.0 Å². The van der Waals surface area contributed by atoms with E-state index in [0.717, 1.165) is 18.7 Å². The average molecular weight is 410 g/mol. The molecule has 0 bridgehead atoms. The first kappa shape index (κ1) is 21.4. The van der Waals surface area contributed by atoms with Crippen molar-refractivity contribution >= 4 is 5.96 Å². The molecule has 0 aliphatic heterocycles. The second-order valence-electron chi connectivity index (χ2n) is 6.99. The van der Waals surface area contributed by atoms with Crippen molar-refractivity contribution in [3.8, 4) is 5.75 Å². The Morgan fingerprint density at radius 3 is 2.60 bits per heavy atom. The van der Waals surface area contributed by atoms with Crippen molar-refractivity contribution in [2.24, 2.45) is 4.99 Å². The SMILES string of the molecule is CCNC(=NCc1ccc(Cn2ccnc2)cc1)NCC(C)Oc1ccccc1F. The molecule has 0 saturated carbocycles. The van der Waals surface area contributed by atoms with E-state index < -0.39 is 0 Å². The average Bonchev–Trinajstić information content (AvgIpc) is 3.26. The number of rotatable bonds is 9. The third kappa shape index (κ3) is 6.62. The van der Waals surface area contributed by atoms with Gasteiger partial charge in [-0.1, -0.05) is 36.4 Å². The summed E-state index contributed by atoms with van der Waals surface area (Å²) in [6.07, 6.45) is 5.32. The van der Waals surface area contributed by atoms with Crippen LogP contribution in [0.4, 0.5) is 4.39 Å². The molecule has 1 aromatic heterocycles. The van der Waals surface area contributed by atoms with Gasteiger partial charge in [0.15, 0.2) is 17.5 Å². The highest BCUT2D eigenvalue weighted by atomic mass is 19.1. The predicted octanol–water partition coefficient (Wildman–Crippen LogP) is 3.59. The predicted molar refractivity (Wildman–Crippen MR) is 117 cm³/mol. The second kappa shape index (κ2) is 11.0. The van der Waals surface area contributed by atoms with E-state index >= 15 is 0 Å². The topological polar surface area (TPSA) is 63.5 Å². The van der Waals surface area contributed by atoms with E-state index in [4.69, 9.17) is 4.74 Å². The molecule has 0 radical (unpaired) electrons. The van der Waals surface area contributed by atoms with Crippen molar-refractivity contribution in [2.75, 3.05) is 13.1 Å². The molecule has 7 heteroatoms. The molecule has 0 saturated heterocycles. The number of nitrogens with zero attached hydrogens (tertiary/aromatic N) is 3. The van der Waals surface area contributed by atoms with Crippen LogP contribution < -0.4 is 15.4 Å². The minimum atomic E-state index is -0.360. The van der Waals surface area contributed by atoms with Crippen molar-refractivity contribution in [2.45, 2.75) is 33.0 Å². The van der Waals surface area contributed by atoms with E-state index in [1.54, 1.807) is 24.4 Å². The molecule has 0 aliphatic rings. The number of para-hydroxylation sites is 1. The molecule has 1 unspecified atom stereocenters. The number of hydrogen-bond acceptors (Lipinski definition) is 3. The van der Waals surface area contributed by atoms with E-state index in [1.165, 1.54) is 11.6 Å². The quantitative estimate of drug-likeness (QED) is 0.419. The molecule has 0 fully saturated rings. The molecule has 2 aromatic carbocycles. The molecule has 2 N–H and O–H groups in total. The van der Waals surface area contributed by atoms with Gasteiger partial charge in [-0.3, -0.25) is 0 Å². The van der Waals surface area contributed by atoms with Crippen molar-refractivity contribution in [3.63, 3.8) is 0 Å². The number of benzene rings is 2. The van der Waals surface area contributed by atoms with Crippen molar-refractivity contribution < 1.29 is 9.13 Å². The zero-order valence-corrected chi connectivity index (χ0v) is 17.4. The highest BCUT2D eigenvalue weighted by Gasteiger charge is 2.09. The molecule has 6 nitrogen and oxygen atoms in total. The van der Waals surface area contributed by atoms with Gasteiger partial charge in [-0.25, -0.2) is 14.4 Å². The van der Waals surface area contributed by atoms with Gasteiger partial charge in [0.05, 0.1) is 19.4 Å². The first-order valence-corrected chi connectivity index (χ1v) is 10.1. The van der Waals surface area contributed by atoms with Gasteiger partial charge in [-0.15, -0.1) is 0 Å². The van der Waals surface area contributed by atoms with Crippen LogP contribution in [0.15, 0.2) is 72.2 Å². The van der Waals surface area contributed by atoms with Crippen molar-refractivity contribution in [1.29, 1.82) is 0 Å². The molecule has 158 valence electrons. The van der Waals surface area contributed by atoms with Gasteiger partial charge in [-0.2, -0.15) is 0 Å². The number of imidazole rings is 1. The van der Waals surface area contributed by atoms with Gasteiger partial charge in [0, 0.05) is 25.5 Å². The first-order valence-electron chi connectivity index (χ1n) is 10.1. The van der Waals surface area contributed by atoms with Gasteiger partial charge in [0.2, 0.25) is 0 Å². The summed E-state index contributed by atoms with van der Waals surface area (Å²) in [6.45, 7) is 6.52. The van der Waals surface area contributed by atoms with E-state index in [-0.39, 0.29) is 17.7 Å². The lowest BCUT2D eigenvalue weighted by Gasteiger charge is -2.18. The molecule has 0 spiro atoms. The summed E-state index contributed by atoms with van der Waals surface area (Å²) in [7, 11) is 0. The summed E-state index contributed by atoms with van der Waals surface area (Å²) < 4.78 is 21.4. The molecule has 1 atom stereocenters. The summed E-state index contributed by atoms with van der Waals surface area (Å²) in [5.41, 5.74) is 2.34. The fourth-order valence-electron chi connectivity index (χ4n) is 2.89. The monoisotopic (exact) mass is 409 g/mol. The lowest BCUT2D eigenvalue weighted by molar-refractivity contribution is 0.214. The zero-order chi connectivity index (χ0) is 21.2. The summed E-state index contributed by atoms with van der Waals surface area (Å²) in [4.78, 5) is 8.70. The van der Waals surface area contributed by atoms with E-state index in [9.17, 15) is 4.39 Å². The number of aromatic nitrogens is 2. The van der Waals surface area contributed by atoms with Gasteiger partial charge in [-0.05, 0) is 37.1 Å². The third-order valence-corrected chi connectivity index (χ3v) is 4.43. The van der Waals surface area contributed by atoms with Crippen LogP contribution in [0.25, 0.3) is 0 Å². The van der Waals surface area contributed by atoms with Crippen molar-refractivity contribution in [3.05, 3.63) is 84.2 Å². The lowest BCUT2D eigenvalue weighted by Crippen LogP contribution is -2.41. The largest absolute Gasteiger partial charge is 0.486 e. The number of hydrogen-bond donors (Lipinski definition) is 2. The Labute approximate surface area is 176 Å². The Hall–Kier alpha value is -3.35. The normalized spacial score (nSPS) is 12.4. The second-order valence-corrected chi connectivity index (χ2v) is 6.99. The maximum Gasteiger partial charge on any atom is 0.191 e. The molecule has 0 amide bonds. The Morgan fingerprint density at radius 2 is 1.90 bits per heavy atom. The summed E-state index contributed by atoms with van der Waals surface area (Å²) >= 11 is 0. The number of halogens is 1. The maximum absolute atomic E-state index is 13.7. The highest BCUT2D eigenvalue weighted by Crippen LogP contribution is 2.16. The summed E-state index contributed by atoms with van der Waals surface area (Å²) in [6, 6.07) is 14.8. The Kier molecular flexibility index (Phi) is 7.83. The van der Waals surface area contributed by atoms with E-state index in [1.807, 2.05) is 30.9 Å². The number of nitrogens with one attached hydrogen (secondary N) is 2. The smallest absolute Gasteiger partial charge is 0.191 e. The van der Waals surface area contributed by atoms with Gasteiger partial charge < -0.3 is 19.9 Å². The minimum absolute atomic E-state index is 0.215. The molecule has 0 aliphatic carbocycles. The number of aliphatic imine (C=N–C) groups is 1. The van der Waals surface area contributed by atoms with E-state index in [2.05, 4.69) is 44.9 Å². The van der Waals surface area contributed by atoms with Crippen LogP contribution >= 0.6 is 0 Å². The molecule has 3 rings (SSSR count). The van der Waals surface area contributed by atoms with Crippen LogP contribution in [0, 0.1) is 5.82 Å². The molecular weight excluding hydrogens is 381 g/mol. The Balaban J connectivity index is 1.51. The fraction of sp³-hybridized carbons (Fsp3) is 0.304. The molecular formula is C23H28FN5O. The summed E-state index contributed by atoms with van der Waals surface area (Å²) in [5, 5.41) is 6.48. The van der Waals surface area contributed by atoms with Crippen LogP contribution in [0.3, 0.4) is 0 Å². The van der Waals surface area contributed by atoms with Crippen LogP contribution in [0.5, 0.6) is 5.75 Å². The zero-order valence-electron chi connectivity index (χ0n) is 17.4. The van der Waals surface area contributed by atoms with Gasteiger partial charge in [0.1, 0.15) is 6.10 Å². The van der Waals surface area contributed by atoms with E-state index in [0.29, 0.717) is 19.0 Å². The maximum atomic E-state index is 13.7. The van der Waals surface area contributed by atoms with Gasteiger partial charge >= 0.3 is 0 Å². The molecule has 3 aromatic rings. The van der Waals surface area contributed by atoms with Crippen LogP contribution in [-0.2, 0) is 13.1 Å². The number of guanidine groups is 1. The summed E-state index contributed by atoms with van der Waals surface area (Å²) in [5.74, 6) is 0.593. The number of ether oxygens (including phenoxy) is 1. The highest BCUT2D eigenvalue weighted by molar-refractivity contribution is 5.79. The van der Waals surface area contributed by atoms with Crippen molar-refractivity contribution in [1.82, 2.24) is 20.2 Å². The molecule has 1 heterocycles.